The van der Waals surface area contributed by atoms with Gasteiger partial charge in [-0.05, 0) is 44.2 Å². The number of hydrogen-bond donors (Lipinski definition) is 3. The fourth-order valence-corrected chi connectivity index (χ4v) is 3.21. The third-order valence-electron chi connectivity index (χ3n) is 4.11. The van der Waals surface area contributed by atoms with Crippen LogP contribution in [0.5, 0.6) is 0 Å². The Balaban J connectivity index is 1.57. The summed E-state index contributed by atoms with van der Waals surface area (Å²) in [6.07, 6.45) is 1.47. The number of aryl methyl sites for hydroxylation is 1. The number of pyridine rings is 1. The number of thioether (sulfide) groups is 1. The van der Waals surface area contributed by atoms with Gasteiger partial charge in [0, 0.05) is 12.3 Å². The molecule has 0 saturated carbocycles. The summed E-state index contributed by atoms with van der Waals surface area (Å²) in [5.41, 5.74) is 0.481. The Labute approximate surface area is 187 Å². The molecular formula is C21H20FN5O4S. The van der Waals surface area contributed by atoms with Gasteiger partial charge in [0.1, 0.15) is 17.3 Å². The van der Waals surface area contributed by atoms with Crippen LogP contribution in [-0.4, -0.2) is 38.9 Å². The van der Waals surface area contributed by atoms with Crippen LogP contribution >= 0.6 is 11.8 Å². The maximum absolute atomic E-state index is 13.7. The largest absolute Gasteiger partial charge is 0.360 e. The van der Waals surface area contributed by atoms with Gasteiger partial charge in [-0.2, -0.15) is 0 Å². The van der Waals surface area contributed by atoms with E-state index in [2.05, 4.69) is 26.1 Å². The first-order valence-corrected chi connectivity index (χ1v) is 10.5. The highest BCUT2D eigenvalue weighted by Crippen LogP contribution is 2.24. The molecule has 1 atom stereocenters. The normalized spacial score (nSPS) is 11.5. The number of carbonyl (C=O) groups is 3. The third-order valence-corrected chi connectivity index (χ3v) is 5.26. The van der Waals surface area contributed by atoms with Crippen LogP contribution in [0.15, 0.2) is 53.2 Å². The van der Waals surface area contributed by atoms with E-state index in [4.69, 9.17) is 4.52 Å². The standard InChI is InChI=1S/C21H20FN5O4S/c1-12-9-18(27-31-12)26-20(29)13(2)32-11-19(28)24-17-10-14(22)6-7-15(17)25-21(30)16-5-3-4-8-23-16/h3-10,13H,11H2,1-2H3,(H,24,28)(H,25,30)(H,26,27,29). The van der Waals surface area contributed by atoms with Gasteiger partial charge >= 0.3 is 0 Å². The van der Waals surface area contributed by atoms with E-state index < -0.39 is 22.9 Å². The minimum Gasteiger partial charge on any atom is -0.360 e. The van der Waals surface area contributed by atoms with Crippen LogP contribution < -0.4 is 16.0 Å². The van der Waals surface area contributed by atoms with Crippen molar-refractivity contribution >= 4 is 46.7 Å². The van der Waals surface area contributed by atoms with Crippen LogP contribution in [0.1, 0.15) is 23.2 Å². The number of anilines is 3. The second-order valence-electron chi connectivity index (χ2n) is 6.67. The minimum atomic E-state index is -0.584. The topological polar surface area (TPSA) is 126 Å². The van der Waals surface area contributed by atoms with Gasteiger partial charge in [-0.25, -0.2) is 4.39 Å². The molecule has 0 radical (unpaired) electrons. The number of halogens is 1. The zero-order valence-corrected chi connectivity index (χ0v) is 18.0. The molecule has 9 nitrogen and oxygen atoms in total. The maximum atomic E-state index is 13.7. The molecule has 1 aromatic carbocycles. The Bertz CT molecular complexity index is 1120. The molecule has 3 N–H and O–H groups in total. The SMILES string of the molecule is Cc1cc(NC(=O)C(C)SCC(=O)Nc2cc(F)ccc2NC(=O)c2ccccn2)no1. The lowest BCUT2D eigenvalue weighted by molar-refractivity contribution is -0.115. The van der Waals surface area contributed by atoms with Crippen molar-refractivity contribution in [2.24, 2.45) is 0 Å². The highest BCUT2D eigenvalue weighted by atomic mass is 32.2. The first-order chi connectivity index (χ1) is 15.3. The number of rotatable bonds is 8. The maximum Gasteiger partial charge on any atom is 0.274 e. The number of carbonyl (C=O) groups excluding carboxylic acids is 3. The smallest absolute Gasteiger partial charge is 0.274 e. The molecule has 0 bridgehead atoms. The molecule has 1 unspecified atom stereocenters. The first kappa shape index (κ1) is 22.9. The van der Waals surface area contributed by atoms with E-state index in [-0.39, 0.29) is 34.5 Å². The molecule has 32 heavy (non-hydrogen) atoms. The monoisotopic (exact) mass is 457 g/mol. The molecule has 0 spiro atoms. The van der Waals surface area contributed by atoms with Gasteiger partial charge in [-0.1, -0.05) is 11.2 Å². The second kappa shape index (κ2) is 10.5. The molecule has 0 saturated heterocycles. The highest BCUT2D eigenvalue weighted by molar-refractivity contribution is 8.01. The van der Waals surface area contributed by atoms with E-state index in [1.807, 2.05) is 0 Å². The summed E-state index contributed by atoms with van der Waals surface area (Å²) in [5.74, 6) is -1.12. The van der Waals surface area contributed by atoms with Gasteiger partial charge in [-0.3, -0.25) is 19.4 Å². The predicted molar refractivity (Wildman–Crippen MR) is 119 cm³/mol. The van der Waals surface area contributed by atoms with Crippen LogP contribution in [0.2, 0.25) is 0 Å². The Morgan fingerprint density at radius 2 is 1.91 bits per heavy atom. The lowest BCUT2D eigenvalue weighted by atomic mass is 10.2. The van der Waals surface area contributed by atoms with E-state index >= 15 is 0 Å². The molecule has 166 valence electrons. The van der Waals surface area contributed by atoms with Crippen LogP contribution in [0.25, 0.3) is 0 Å². The van der Waals surface area contributed by atoms with Gasteiger partial charge < -0.3 is 20.5 Å². The Kier molecular flexibility index (Phi) is 7.55. The summed E-state index contributed by atoms with van der Waals surface area (Å²) in [6.45, 7) is 3.34. The summed E-state index contributed by atoms with van der Waals surface area (Å²) in [4.78, 5) is 40.9. The quantitative estimate of drug-likeness (QED) is 0.473. The summed E-state index contributed by atoms with van der Waals surface area (Å²) < 4.78 is 18.6. The minimum absolute atomic E-state index is 0.0728. The number of benzene rings is 1. The molecule has 0 fully saturated rings. The van der Waals surface area contributed by atoms with E-state index in [1.54, 1.807) is 32.0 Å². The van der Waals surface area contributed by atoms with E-state index in [0.29, 0.717) is 5.76 Å². The molecule has 3 amide bonds. The lowest BCUT2D eigenvalue weighted by Gasteiger charge is -2.14. The summed E-state index contributed by atoms with van der Waals surface area (Å²) in [5, 5.41) is 10.9. The van der Waals surface area contributed by atoms with Crippen molar-refractivity contribution in [3.63, 3.8) is 0 Å². The highest BCUT2D eigenvalue weighted by Gasteiger charge is 2.18. The average molecular weight is 457 g/mol. The van der Waals surface area contributed by atoms with Crippen molar-refractivity contribution in [1.82, 2.24) is 10.1 Å². The Morgan fingerprint density at radius 3 is 2.59 bits per heavy atom. The Morgan fingerprint density at radius 1 is 1.09 bits per heavy atom. The average Bonchev–Trinajstić information content (AvgIpc) is 3.18. The molecule has 0 aliphatic carbocycles. The van der Waals surface area contributed by atoms with Gasteiger partial charge in [0.15, 0.2) is 5.82 Å². The predicted octanol–water partition coefficient (Wildman–Crippen LogP) is 3.47. The summed E-state index contributed by atoms with van der Waals surface area (Å²) in [7, 11) is 0. The summed E-state index contributed by atoms with van der Waals surface area (Å²) in [6, 6.07) is 10.0. The zero-order chi connectivity index (χ0) is 23.1. The number of hydrogen-bond acceptors (Lipinski definition) is 7. The van der Waals surface area contributed by atoms with Crippen LogP contribution in [-0.2, 0) is 9.59 Å². The molecular weight excluding hydrogens is 437 g/mol. The first-order valence-electron chi connectivity index (χ1n) is 9.49. The number of amides is 3. The molecule has 11 heteroatoms. The molecule has 0 aliphatic rings. The fraction of sp³-hybridized carbons (Fsp3) is 0.190. The van der Waals surface area contributed by atoms with Crippen molar-refractivity contribution in [3.05, 3.63) is 65.9 Å². The van der Waals surface area contributed by atoms with Gasteiger partial charge in [0.2, 0.25) is 11.8 Å². The fourth-order valence-electron chi connectivity index (χ4n) is 2.53. The van der Waals surface area contributed by atoms with Crippen molar-refractivity contribution in [3.8, 4) is 0 Å². The van der Waals surface area contributed by atoms with Crippen LogP contribution in [0.3, 0.4) is 0 Å². The van der Waals surface area contributed by atoms with Crippen molar-refractivity contribution in [2.45, 2.75) is 19.1 Å². The van der Waals surface area contributed by atoms with Crippen molar-refractivity contribution < 1.29 is 23.3 Å². The van der Waals surface area contributed by atoms with Gasteiger partial charge in [0.05, 0.1) is 22.4 Å². The third kappa shape index (κ3) is 6.38. The van der Waals surface area contributed by atoms with Crippen molar-refractivity contribution in [2.75, 3.05) is 21.7 Å². The number of nitrogens with zero attached hydrogens (tertiary/aromatic N) is 2. The molecule has 3 aromatic rings. The second-order valence-corrected chi connectivity index (χ2v) is 8.00. The van der Waals surface area contributed by atoms with Crippen LogP contribution in [0, 0.1) is 12.7 Å². The molecule has 0 aliphatic heterocycles. The van der Waals surface area contributed by atoms with E-state index in [0.717, 1.165) is 23.9 Å². The summed E-state index contributed by atoms with van der Waals surface area (Å²) >= 11 is 1.09. The lowest BCUT2D eigenvalue weighted by Crippen LogP contribution is -2.25. The Hall–Kier alpha value is -3.73. The molecule has 3 rings (SSSR count). The number of nitrogens with one attached hydrogen (secondary N) is 3. The zero-order valence-electron chi connectivity index (χ0n) is 17.2. The number of aromatic nitrogens is 2. The molecule has 2 aromatic heterocycles. The van der Waals surface area contributed by atoms with Gasteiger partial charge in [-0.15, -0.1) is 11.8 Å². The van der Waals surface area contributed by atoms with Crippen LogP contribution in [0.4, 0.5) is 21.6 Å². The van der Waals surface area contributed by atoms with Crippen molar-refractivity contribution in [1.29, 1.82) is 0 Å². The van der Waals surface area contributed by atoms with Gasteiger partial charge in [0.25, 0.3) is 5.91 Å². The van der Waals surface area contributed by atoms with E-state index in [1.165, 1.54) is 18.3 Å². The molecule has 2 heterocycles. The van der Waals surface area contributed by atoms with E-state index in [9.17, 15) is 18.8 Å².